The number of benzene rings is 3. The van der Waals surface area contributed by atoms with Crippen molar-refractivity contribution in [3.63, 3.8) is 0 Å². The number of nitrogens with one attached hydrogen (secondary N) is 2. The van der Waals surface area contributed by atoms with E-state index in [0.717, 1.165) is 11.3 Å². The second-order valence-electron chi connectivity index (χ2n) is 9.90. The van der Waals surface area contributed by atoms with Gasteiger partial charge in [-0.3, -0.25) is 14.7 Å². The molecule has 0 bridgehead atoms. The molecule has 0 unspecified atom stereocenters. The van der Waals surface area contributed by atoms with E-state index in [2.05, 4.69) is 10.4 Å². The summed E-state index contributed by atoms with van der Waals surface area (Å²) in [7, 11) is 4.64. The Morgan fingerprint density at radius 2 is 1.52 bits per heavy atom. The van der Waals surface area contributed by atoms with Crippen LogP contribution in [0.15, 0.2) is 82.8 Å². The van der Waals surface area contributed by atoms with Gasteiger partial charge in [-0.25, -0.2) is 4.68 Å². The van der Waals surface area contributed by atoms with Gasteiger partial charge in [0.15, 0.2) is 28.8 Å². The number of aromatic hydroxyl groups is 1. The van der Waals surface area contributed by atoms with Gasteiger partial charge < -0.3 is 24.6 Å². The van der Waals surface area contributed by atoms with Crippen molar-refractivity contribution >= 4 is 11.6 Å². The number of fused-ring (bicyclic) bond motifs is 1. The molecular formula is C31H29N3O6. The average molecular weight is 540 g/mol. The van der Waals surface area contributed by atoms with Gasteiger partial charge in [0, 0.05) is 23.6 Å². The van der Waals surface area contributed by atoms with Crippen LogP contribution in [-0.2, 0) is 4.79 Å². The van der Waals surface area contributed by atoms with Crippen LogP contribution in [0.4, 0.5) is 5.82 Å². The predicted molar refractivity (Wildman–Crippen MR) is 150 cm³/mol. The SMILES string of the molecule is COc1cc([C@H]2C3=C(C[C@H](c4ccc(OC)c(OC)c4)CC3=O)Nc3[nH]n(-c4ccccc4)c(=O)c32)ccc1O. The summed E-state index contributed by atoms with van der Waals surface area (Å²) in [5, 5.41) is 16.9. The number of para-hydroxylation sites is 1. The zero-order valence-electron chi connectivity index (χ0n) is 22.4. The third-order valence-electron chi connectivity index (χ3n) is 7.72. The number of ketones is 1. The van der Waals surface area contributed by atoms with Gasteiger partial charge in [0.05, 0.1) is 32.6 Å². The van der Waals surface area contributed by atoms with Crippen LogP contribution in [0.2, 0.25) is 0 Å². The van der Waals surface area contributed by atoms with Crippen molar-refractivity contribution < 1.29 is 24.1 Å². The molecule has 9 nitrogen and oxygen atoms in total. The Labute approximate surface area is 230 Å². The second-order valence-corrected chi connectivity index (χ2v) is 9.90. The van der Waals surface area contributed by atoms with Gasteiger partial charge >= 0.3 is 0 Å². The molecule has 9 heteroatoms. The maximum Gasteiger partial charge on any atom is 0.277 e. The first-order valence-corrected chi connectivity index (χ1v) is 13.0. The molecule has 204 valence electrons. The number of ether oxygens (including phenoxy) is 3. The Balaban J connectivity index is 1.49. The summed E-state index contributed by atoms with van der Waals surface area (Å²) in [6.07, 6.45) is 0.828. The van der Waals surface area contributed by atoms with E-state index in [1.807, 2.05) is 48.5 Å². The number of hydrogen-bond donors (Lipinski definition) is 3. The molecule has 40 heavy (non-hydrogen) atoms. The van der Waals surface area contributed by atoms with Crippen molar-refractivity contribution in [1.29, 1.82) is 0 Å². The number of nitrogens with zero attached hydrogens (tertiary/aromatic N) is 1. The summed E-state index contributed by atoms with van der Waals surface area (Å²) in [6, 6.07) is 19.9. The number of allylic oxidation sites excluding steroid dienone is 2. The minimum Gasteiger partial charge on any atom is -0.504 e. The highest BCUT2D eigenvalue weighted by Crippen LogP contribution is 2.48. The molecule has 0 amide bonds. The van der Waals surface area contributed by atoms with Crippen molar-refractivity contribution in [3.8, 4) is 28.7 Å². The minimum atomic E-state index is -0.645. The predicted octanol–water partition coefficient (Wildman–Crippen LogP) is 4.86. The molecule has 0 spiro atoms. The first-order valence-electron chi connectivity index (χ1n) is 13.0. The van der Waals surface area contributed by atoms with Crippen LogP contribution < -0.4 is 25.1 Å². The number of anilines is 1. The monoisotopic (exact) mass is 539 g/mol. The summed E-state index contributed by atoms with van der Waals surface area (Å²) >= 11 is 0. The van der Waals surface area contributed by atoms with Gasteiger partial charge in [-0.1, -0.05) is 30.3 Å². The molecule has 3 aromatic carbocycles. The van der Waals surface area contributed by atoms with E-state index >= 15 is 0 Å². The second kappa shape index (κ2) is 10.00. The Kier molecular flexibility index (Phi) is 6.34. The molecule has 6 rings (SSSR count). The van der Waals surface area contributed by atoms with E-state index in [-0.39, 0.29) is 35.2 Å². The van der Waals surface area contributed by atoms with E-state index in [0.29, 0.717) is 46.1 Å². The lowest BCUT2D eigenvalue weighted by molar-refractivity contribution is -0.116. The van der Waals surface area contributed by atoms with E-state index in [1.54, 1.807) is 26.4 Å². The zero-order chi connectivity index (χ0) is 28.0. The Morgan fingerprint density at radius 3 is 2.25 bits per heavy atom. The minimum absolute atomic E-state index is 0.0196. The molecule has 2 atom stereocenters. The highest BCUT2D eigenvalue weighted by Gasteiger charge is 2.41. The number of phenols is 1. The topological polar surface area (TPSA) is 115 Å². The molecule has 1 aromatic heterocycles. The first kappa shape index (κ1) is 25.4. The molecule has 2 aliphatic rings. The molecular weight excluding hydrogens is 510 g/mol. The lowest BCUT2D eigenvalue weighted by Gasteiger charge is -2.34. The Morgan fingerprint density at radius 1 is 0.825 bits per heavy atom. The molecule has 0 radical (unpaired) electrons. The maximum absolute atomic E-state index is 13.9. The lowest BCUT2D eigenvalue weighted by atomic mass is 9.72. The summed E-state index contributed by atoms with van der Waals surface area (Å²) in [5.74, 6) is 1.21. The molecule has 0 fully saturated rings. The number of aromatic nitrogens is 2. The molecule has 1 aliphatic heterocycles. The number of aromatic amines is 1. The van der Waals surface area contributed by atoms with Crippen LogP contribution in [0.25, 0.3) is 5.69 Å². The third kappa shape index (κ3) is 4.10. The fourth-order valence-electron chi connectivity index (χ4n) is 5.80. The van der Waals surface area contributed by atoms with Gasteiger partial charge in [0.1, 0.15) is 5.82 Å². The maximum atomic E-state index is 13.9. The largest absolute Gasteiger partial charge is 0.504 e. The van der Waals surface area contributed by atoms with Crippen LogP contribution in [0.5, 0.6) is 23.0 Å². The summed E-state index contributed by atoms with van der Waals surface area (Å²) < 4.78 is 17.7. The number of carbonyl (C=O) groups is 1. The number of methoxy groups -OCH3 is 3. The summed E-state index contributed by atoms with van der Waals surface area (Å²) in [6.45, 7) is 0. The van der Waals surface area contributed by atoms with Gasteiger partial charge in [0.25, 0.3) is 5.56 Å². The van der Waals surface area contributed by atoms with E-state index < -0.39 is 5.92 Å². The molecule has 0 saturated heterocycles. The standard InChI is InChI=1S/C31H29N3O6/c1-38-24-12-10-17(15-26(24)40-3)19-13-21-28(23(36)14-19)27(18-9-11-22(35)25(16-18)39-2)29-30(32-21)33-34(31(29)37)20-7-5-4-6-8-20/h4-12,15-16,19,27,32-33,35H,13-14H2,1-3H3/t19-,27-/m0/s1. The molecule has 4 aromatic rings. The van der Waals surface area contributed by atoms with Crippen LogP contribution >= 0.6 is 0 Å². The Bertz CT molecular complexity index is 1700. The van der Waals surface area contributed by atoms with Crippen molar-refractivity contribution in [1.82, 2.24) is 9.78 Å². The van der Waals surface area contributed by atoms with Gasteiger partial charge in [-0.2, -0.15) is 0 Å². The average Bonchev–Trinajstić information content (AvgIpc) is 3.31. The number of phenolic OH excluding ortho intramolecular Hbond substituents is 1. The van der Waals surface area contributed by atoms with Crippen LogP contribution in [0, 0.1) is 0 Å². The number of hydrogen-bond acceptors (Lipinski definition) is 7. The van der Waals surface area contributed by atoms with Gasteiger partial charge in [0.2, 0.25) is 0 Å². The van der Waals surface area contributed by atoms with Crippen molar-refractivity contribution in [2.24, 2.45) is 0 Å². The summed E-state index contributed by atoms with van der Waals surface area (Å²) in [5.41, 5.74) is 3.80. The summed E-state index contributed by atoms with van der Waals surface area (Å²) in [4.78, 5) is 27.8. The number of H-pyrrole nitrogens is 1. The zero-order valence-corrected chi connectivity index (χ0v) is 22.4. The number of rotatable bonds is 6. The van der Waals surface area contributed by atoms with Gasteiger partial charge in [-0.05, 0) is 59.9 Å². The smallest absolute Gasteiger partial charge is 0.277 e. The quantitative estimate of drug-likeness (QED) is 0.321. The molecule has 0 saturated carbocycles. The lowest BCUT2D eigenvalue weighted by Crippen LogP contribution is -2.32. The van der Waals surface area contributed by atoms with Crippen molar-refractivity contribution in [3.05, 3.63) is 105 Å². The Hall–Kier alpha value is -4.92. The molecule has 3 N–H and O–H groups in total. The van der Waals surface area contributed by atoms with E-state index in [9.17, 15) is 14.7 Å². The first-order chi connectivity index (χ1) is 19.4. The number of carbonyl (C=O) groups excluding carboxylic acids is 1. The highest BCUT2D eigenvalue weighted by molar-refractivity contribution is 6.01. The van der Waals surface area contributed by atoms with Crippen LogP contribution in [-0.4, -0.2) is 42.0 Å². The fourth-order valence-corrected chi connectivity index (χ4v) is 5.80. The van der Waals surface area contributed by atoms with Crippen molar-refractivity contribution in [2.75, 3.05) is 26.6 Å². The normalized spacial score (nSPS) is 18.0. The highest BCUT2D eigenvalue weighted by atomic mass is 16.5. The van der Waals surface area contributed by atoms with Crippen LogP contribution in [0.1, 0.15) is 41.4 Å². The van der Waals surface area contributed by atoms with E-state index in [4.69, 9.17) is 14.2 Å². The molecule has 1 aliphatic carbocycles. The van der Waals surface area contributed by atoms with Crippen molar-refractivity contribution in [2.45, 2.75) is 24.7 Å². The molecule has 2 heterocycles. The third-order valence-corrected chi connectivity index (χ3v) is 7.72. The van der Waals surface area contributed by atoms with Gasteiger partial charge in [-0.15, -0.1) is 0 Å². The van der Waals surface area contributed by atoms with Crippen LogP contribution in [0.3, 0.4) is 0 Å². The van der Waals surface area contributed by atoms with E-state index in [1.165, 1.54) is 17.9 Å². The number of Topliss-reactive ketones (excluding diaryl/α,β-unsaturated/α-hetero) is 1. The fraction of sp³-hybridized carbons (Fsp3) is 0.226.